The fraction of sp³-hybridized carbons (Fsp3) is 0.400. The quantitative estimate of drug-likeness (QED) is 0.738. The van der Waals surface area contributed by atoms with Crippen molar-refractivity contribution in [2.45, 2.75) is 25.3 Å². The number of carbonyl (C=O) groups excluding carboxylic acids is 2. The Labute approximate surface area is 148 Å². The van der Waals surface area contributed by atoms with Gasteiger partial charge in [0.25, 0.3) is 0 Å². The van der Waals surface area contributed by atoms with Crippen molar-refractivity contribution in [2.75, 3.05) is 18.4 Å². The van der Waals surface area contributed by atoms with Crippen molar-refractivity contribution in [3.8, 4) is 0 Å². The van der Waals surface area contributed by atoms with Gasteiger partial charge in [-0.2, -0.15) is 0 Å². The molecule has 0 saturated carbocycles. The van der Waals surface area contributed by atoms with Gasteiger partial charge in [0.05, 0.1) is 6.42 Å². The highest BCUT2D eigenvalue weighted by molar-refractivity contribution is 6.35. The van der Waals surface area contributed by atoms with Gasteiger partial charge in [-0.25, -0.2) is 4.79 Å². The van der Waals surface area contributed by atoms with Crippen LogP contribution in [0.25, 0.3) is 0 Å². The summed E-state index contributed by atoms with van der Waals surface area (Å²) in [6.45, 7) is 0.455. The maximum atomic E-state index is 12.4. The number of anilines is 1. The summed E-state index contributed by atoms with van der Waals surface area (Å²) in [6, 6.07) is 3.62. The Hall–Kier alpha value is -1.99. The molecule has 9 heteroatoms. The third-order valence-electron chi connectivity index (χ3n) is 3.56. The Morgan fingerprint density at radius 1 is 1.21 bits per heavy atom. The summed E-state index contributed by atoms with van der Waals surface area (Å²) >= 11 is 11.8. The number of urea groups is 1. The monoisotopic (exact) mass is 373 g/mol. The number of hydrogen-bond acceptors (Lipinski definition) is 3. The van der Waals surface area contributed by atoms with Gasteiger partial charge in [0.1, 0.15) is 6.04 Å². The molecule has 7 nitrogen and oxygen atoms in total. The molecule has 1 aromatic rings. The van der Waals surface area contributed by atoms with Gasteiger partial charge in [-0.3, -0.25) is 9.59 Å². The van der Waals surface area contributed by atoms with Crippen LogP contribution in [0.15, 0.2) is 18.2 Å². The van der Waals surface area contributed by atoms with E-state index in [2.05, 4.69) is 10.6 Å². The van der Waals surface area contributed by atoms with Crippen molar-refractivity contribution < 1.29 is 19.5 Å². The van der Waals surface area contributed by atoms with Crippen LogP contribution in [0.2, 0.25) is 10.0 Å². The number of benzene rings is 1. The van der Waals surface area contributed by atoms with Crippen LogP contribution in [-0.2, 0) is 9.59 Å². The summed E-state index contributed by atoms with van der Waals surface area (Å²) in [7, 11) is 0. The standard InChI is InChI=1S/C15H17Cl2N3O4/c16-9-6-10(17)8-11(7-9)19-14(23)12-2-1-5-20(12)15(24)18-4-3-13(21)22/h6-8,12H,1-5H2,(H,18,24)(H,19,23)(H,21,22). The van der Waals surface area contributed by atoms with Crippen molar-refractivity contribution in [3.63, 3.8) is 0 Å². The molecule has 1 unspecified atom stereocenters. The zero-order chi connectivity index (χ0) is 17.7. The molecule has 24 heavy (non-hydrogen) atoms. The van der Waals surface area contributed by atoms with Crippen LogP contribution in [0.1, 0.15) is 19.3 Å². The second-order valence-corrected chi connectivity index (χ2v) is 6.25. The van der Waals surface area contributed by atoms with E-state index in [1.807, 2.05) is 0 Å². The summed E-state index contributed by atoms with van der Waals surface area (Å²) in [4.78, 5) is 36.4. The molecule has 0 bridgehead atoms. The molecule has 1 saturated heterocycles. The van der Waals surface area contributed by atoms with Gasteiger partial charge in [-0.15, -0.1) is 0 Å². The van der Waals surface area contributed by atoms with E-state index in [-0.39, 0.29) is 18.9 Å². The molecule has 130 valence electrons. The smallest absolute Gasteiger partial charge is 0.318 e. The molecule has 2 rings (SSSR count). The number of carboxylic acid groups (broad SMARTS) is 1. The Morgan fingerprint density at radius 2 is 1.88 bits per heavy atom. The highest BCUT2D eigenvalue weighted by atomic mass is 35.5. The lowest BCUT2D eigenvalue weighted by molar-refractivity contribution is -0.136. The minimum absolute atomic E-state index is 0.0168. The average molecular weight is 374 g/mol. The Balaban J connectivity index is 1.97. The molecule has 0 spiro atoms. The number of amides is 3. The number of carboxylic acids is 1. The molecule has 0 aromatic heterocycles. The van der Waals surface area contributed by atoms with E-state index in [1.165, 1.54) is 4.90 Å². The van der Waals surface area contributed by atoms with Crippen molar-refractivity contribution in [2.24, 2.45) is 0 Å². The predicted molar refractivity (Wildman–Crippen MR) is 90.5 cm³/mol. The van der Waals surface area contributed by atoms with Crippen LogP contribution >= 0.6 is 23.2 Å². The highest BCUT2D eigenvalue weighted by Crippen LogP contribution is 2.24. The second kappa shape index (κ2) is 8.21. The molecule has 1 aliphatic heterocycles. The lowest BCUT2D eigenvalue weighted by atomic mass is 10.2. The molecule has 0 radical (unpaired) electrons. The number of carbonyl (C=O) groups is 3. The predicted octanol–water partition coefficient (Wildman–Crippen LogP) is 2.58. The van der Waals surface area contributed by atoms with E-state index < -0.39 is 18.0 Å². The van der Waals surface area contributed by atoms with Crippen molar-refractivity contribution >= 4 is 46.8 Å². The number of rotatable bonds is 5. The maximum absolute atomic E-state index is 12.4. The van der Waals surface area contributed by atoms with Crippen molar-refractivity contribution in [3.05, 3.63) is 28.2 Å². The molecule has 1 heterocycles. The van der Waals surface area contributed by atoms with E-state index >= 15 is 0 Å². The third kappa shape index (κ3) is 5.01. The summed E-state index contributed by atoms with van der Waals surface area (Å²) in [5.74, 6) is -1.33. The first kappa shape index (κ1) is 18.4. The largest absolute Gasteiger partial charge is 0.481 e. The number of hydrogen-bond donors (Lipinski definition) is 3. The van der Waals surface area contributed by atoms with Gasteiger partial charge in [0.2, 0.25) is 5.91 Å². The van der Waals surface area contributed by atoms with Crippen molar-refractivity contribution in [1.29, 1.82) is 0 Å². The average Bonchev–Trinajstić information content (AvgIpc) is 2.95. The topological polar surface area (TPSA) is 98.7 Å². The van der Waals surface area contributed by atoms with Gasteiger partial charge in [0, 0.05) is 28.8 Å². The first-order valence-electron chi connectivity index (χ1n) is 7.40. The van der Waals surface area contributed by atoms with Gasteiger partial charge < -0.3 is 20.6 Å². The normalized spacial score (nSPS) is 16.8. The molecular formula is C15H17Cl2N3O4. The summed E-state index contributed by atoms with van der Waals surface area (Å²) < 4.78 is 0. The molecule has 1 aliphatic rings. The third-order valence-corrected chi connectivity index (χ3v) is 4.00. The number of nitrogens with one attached hydrogen (secondary N) is 2. The van der Waals surface area contributed by atoms with E-state index in [9.17, 15) is 14.4 Å². The number of likely N-dealkylation sites (tertiary alicyclic amines) is 1. The lowest BCUT2D eigenvalue weighted by Crippen LogP contribution is -2.48. The van der Waals surface area contributed by atoms with Gasteiger partial charge in [0.15, 0.2) is 0 Å². The highest BCUT2D eigenvalue weighted by Gasteiger charge is 2.34. The molecule has 1 fully saturated rings. The fourth-order valence-electron chi connectivity index (χ4n) is 2.51. The summed E-state index contributed by atoms with van der Waals surface area (Å²) in [6.07, 6.45) is 1.06. The summed E-state index contributed by atoms with van der Waals surface area (Å²) in [5, 5.41) is 14.6. The molecule has 0 aliphatic carbocycles. The minimum Gasteiger partial charge on any atom is -0.481 e. The molecule has 1 aromatic carbocycles. The summed E-state index contributed by atoms with van der Waals surface area (Å²) in [5.41, 5.74) is 0.454. The Kier molecular flexibility index (Phi) is 6.28. The Morgan fingerprint density at radius 3 is 2.50 bits per heavy atom. The van der Waals surface area contributed by atoms with Crippen LogP contribution in [-0.4, -0.2) is 47.0 Å². The van der Waals surface area contributed by atoms with Crippen LogP contribution < -0.4 is 10.6 Å². The molecular weight excluding hydrogens is 357 g/mol. The number of halogens is 2. The number of nitrogens with zero attached hydrogens (tertiary/aromatic N) is 1. The van der Waals surface area contributed by atoms with Crippen LogP contribution in [0.4, 0.5) is 10.5 Å². The molecule has 3 N–H and O–H groups in total. The van der Waals surface area contributed by atoms with Gasteiger partial charge in [-0.05, 0) is 31.0 Å². The first-order valence-corrected chi connectivity index (χ1v) is 8.15. The SMILES string of the molecule is O=C(O)CCNC(=O)N1CCCC1C(=O)Nc1cc(Cl)cc(Cl)c1. The van der Waals surface area contributed by atoms with E-state index in [1.54, 1.807) is 18.2 Å². The van der Waals surface area contributed by atoms with E-state index in [4.69, 9.17) is 28.3 Å². The van der Waals surface area contributed by atoms with Crippen LogP contribution in [0, 0.1) is 0 Å². The number of aliphatic carboxylic acids is 1. The second-order valence-electron chi connectivity index (χ2n) is 5.37. The zero-order valence-electron chi connectivity index (χ0n) is 12.7. The lowest BCUT2D eigenvalue weighted by Gasteiger charge is -2.24. The fourth-order valence-corrected chi connectivity index (χ4v) is 3.04. The van der Waals surface area contributed by atoms with Gasteiger partial charge in [-0.1, -0.05) is 23.2 Å². The maximum Gasteiger partial charge on any atom is 0.318 e. The zero-order valence-corrected chi connectivity index (χ0v) is 14.2. The van der Waals surface area contributed by atoms with E-state index in [0.29, 0.717) is 35.1 Å². The Bertz CT molecular complexity index is 633. The van der Waals surface area contributed by atoms with Crippen LogP contribution in [0.3, 0.4) is 0 Å². The molecule has 3 amide bonds. The van der Waals surface area contributed by atoms with Crippen molar-refractivity contribution in [1.82, 2.24) is 10.2 Å². The van der Waals surface area contributed by atoms with E-state index in [0.717, 1.165) is 0 Å². The minimum atomic E-state index is -0.996. The van der Waals surface area contributed by atoms with Gasteiger partial charge >= 0.3 is 12.0 Å². The molecule has 1 atom stereocenters. The van der Waals surface area contributed by atoms with Crippen LogP contribution in [0.5, 0.6) is 0 Å². The first-order chi connectivity index (χ1) is 11.4.